The maximum atomic E-state index is 5.85. The fourth-order valence-electron chi connectivity index (χ4n) is 1.50. The summed E-state index contributed by atoms with van der Waals surface area (Å²) in [6, 6.07) is 13.9. The van der Waals surface area contributed by atoms with Gasteiger partial charge in [-0.25, -0.2) is 4.98 Å². The Bertz CT molecular complexity index is 488. The van der Waals surface area contributed by atoms with Crippen molar-refractivity contribution in [3.8, 4) is 0 Å². The van der Waals surface area contributed by atoms with Crippen LogP contribution in [0.4, 0.5) is 0 Å². The molecule has 0 atom stereocenters. The molecule has 0 amide bonds. The molecule has 88 valence electrons. The number of hydrogen-bond acceptors (Lipinski definition) is 2. The first kappa shape index (κ1) is 12.6. The molecule has 0 radical (unpaired) electrons. The van der Waals surface area contributed by atoms with Crippen LogP contribution in [0.2, 0.25) is 5.15 Å². The van der Waals surface area contributed by atoms with Crippen LogP contribution in [0, 0.1) is 0 Å². The van der Waals surface area contributed by atoms with Crippen LogP contribution in [0.3, 0.4) is 0 Å². The standard InChI is InChI=1S/C13H12BrClN2/c14-11-6-7-13(15)17-12(11)9-16-8-10-4-2-1-3-5-10/h1-7,16H,8-9H2. The summed E-state index contributed by atoms with van der Waals surface area (Å²) in [7, 11) is 0. The van der Waals surface area contributed by atoms with Gasteiger partial charge in [0, 0.05) is 17.6 Å². The third kappa shape index (κ3) is 3.80. The molecule has 0 unspecified atom stereocenters. The molecule has 1 N–H and O–H groups in total. The molecule has 0 spiro atoms. The second-order valence-corrected chi connectivity index (χ2v) is 4.89. The fourth-order valence-corrected chi connectivity index (χ4v) is 2.03. The molecule has 4 heteroatoms. The molecule has 2 aromatic rings. The van der Waals surface area contributed by atoms with E-state index >= 15 is 0 Å². The Balaban J connectivity index is 1.92. The monoisotopic (exact) mass is 310 g/mol. The lowest BCUT2D eigenvalue weighted by Gasteiger charge is -2.06. The minimum Gasteiger partial charge on any atom is -0.307 e. The van der Waals surface area contributed by atoms with Crippen molar-refractivity contribution in [3.05, 3.63) is 63.3 Å². The Hall–Kier alpha value is -0.900. The Kier molecular flexibility index (Phi) is 4.54. The van der Waals surface area contributed by atoms with Gasteiger partial charge in [-0.2, -0.15) is 0 Å². The van der Waals surface area contributed by atoms with Gasteiger partial charge in [0.05, 0.1) is 5.69 Å². The summed E-state index contributed by atoms with van der Waals surface area (Å²) in [6.07, 6.45) is 0. The van der Waals surface area contributed by atoms with Crippen molar-refractivity contribution in [2.24, 2.45) is 0 Å². The topological polar surface area (TPSA) is 24.9 Å². The lowest BCUT2D eigenvalue weighted by atomic mass is 10.2. The number of nitrogens with one attached hydrogen (secondary N) is 1. The van der Waals surface area contributed by atoms with Crippen molar-refractivity contribution in [1.82, 2.24) is 10.3 Å². The summed E-state index contributed by atoms with van der Waals surface area (Å²) < 4.78 is 0.975. The van der Waals surface area contributed by atoms with Crippen LogP contribution in [0.5, 0.6) is 0 Å². The Labute approximate surface area is 114 Å². The number of hydrogen-bond donors (Lipinski definition) is 1. The van der Waals surface area contributed by atoms with Crippen molar-refractivity contribution >= 4 is 27.5 Å². The molecule has 2 nitrogen and oxygen atoms in total. The second kappa shape index (κ2) is 6.15. The van der Waals surface area contributed by atoms with Gasteiger partial charge in [-0.05, 0) is 33.6 Å². The Morgan fingerprint density at radius 2 is 1.82 bits per heavy atom. The van der Waals surface area contributed by atoms with Crippen LogP contribution >= 0.6 is 27.5 Å². The molecular weight excluding hydrogens is 300 g/mol. The molecule has 0 aliphatic rings. The van der Waals surface area contributed by atoms with Gasteiger partial charge < -0.3 is 5.32 Å². The zero-order valence-electron chi connectivity index (χ0n) is 9.16. The molecule has 1 aromatic heterocycles. The molecule has 0 fully saturated rings. The molecule has 0 aliphatic heterocycles. The normalized spacial score (nSPS) is 10.5. The number of rotatable bonds is 4. The summed E-state index contributed by atoms with van der Waals surface area (Å²) in [5.41, 5.74) is 2.18. The average molecular weight is 312 g/mol. The molecule has 0 saturated carbocycles. The highest BCUT2D eigenvalue weighted by molar-refractivity contribution is 9.10. The van der Waals surface area contributed by atoms with Gasteiger partial charge in [0.15, 0.2) is 0 Å². The van der Waals surface area contributed by atoms with Gasteiger partial charge in [0.1, 0.15) is 5.15 Å². The van der Waals surface area contributed by atoms with Gasteiger partial charge in [-0.1, -0.05) is 41.9 Å². The Morgan fingerprint density at radius 1 is 1.06 bits per heavy atom. The zero-order chi connectivity index (χ0) is 12.1. The first-order valence-corrected chi connectivity index (χ1v) is 6.48. The number of benzene rings is 1. The molecule has 0 aliphatic carbocycles. The molecule has 0 bridgehead atoms. The van der Waals surface area contributed by atoms with E-state index in [4.69, 9.17) is 11.6 Å². The third-order valence-electron chi connectivity index (χ3n) is 2.35. The summed E-state index contributed by atoms with van der Waals surface area (Å²) in [6.45, 7) is 1.51. The molecule has 0 saturated heterocycles. The van der Waals surface area contributed by atoms with Crippen molar-refractivity contribution in [3.63, 3.8) is 0 Å². The van der Waals surface area contributed by atoms with Crippen molar-refractivity contribution in [1.29, 1.82) is 0 Å². The van der Waals surface area contributed by atoms with E-state index in [2.05, 4.69) is 38.4 Å². The van der Waals surface area contributed by atoms with Crippen LogP contribution in [0.15, 0.2) is 46.9 Å². The highest BCUT2D eigenvalue weighted by atomic mass is 79.9. The smallest absolute Gasteiger partial charge is 0.129 e. The number of nitrogens with zero attached hydrogens (tertiary/aromatic N) is 1. The minimum absolute atomic E-state index is 0.518. The predicted molar refractivity (Wildman–Crippen MR) is 73.9 cm³/mol. The predicted octanol–water partition coefficient (Wildman–Crippen LogP) is 3.79. The van der Waals surface area contributed by atoms with Gasteiger partial charge in [0.25, 0.3) is 0 Å². The van der Waals surface area contributed by atoms with E-state index in [1.165, 1.54) is 5.56 Å². The van der Waals surface area contributed by atoms with E-state index in [0.717, 1.165) is 16.7 Å². The van der Waals surface area contributed by atoms with Crippen LogP contribution in [-0.4, -0.2) is 4.98 Å². The quantitative estimate of drug-likeness (QED) is 0.869. The largest absolute Gasteiger partial charge is 0.307 e. The first-order chi connectivity index (χ1) is 8.25. The summed E-state index contributed by atoms with van der Waals surface area (Å²) in [4.78, 5) is 4.26. The summed E-state index contributed by atoms with van der Waals surface area (Å²) in [5, 5.41) is 3.85. The average Bonchev–Trinajstić information content (AvgIpc) is 2.35. The van der Waals surface area contributed by atoms with E-state index < -0.39 is 0 Å². The summed E-state index contributed by atoms with van der Waals surface area (Å²) in [5.74, 6) is 0. The van der Waals surface area contributed by atoms with Gasteiger partial charge >= 0.3 is 0 Å². The fraction of sp³-hybridized carbons (Fsp3) is 0.154. The van der Waals surface area contributed by atoms with E-state index in [1.807, 2.05) is 24.3 Å². The van der Waals surface area contributed by atoms with Crippen molar-refractivity contribution < 1.29 is 0 Å². The maximum absolute atomic E-state index is 5.85. The van der Waals surface area contributed by atoms with Crippen LogP contribution < -0.4 is 5.32 Å². The molecule has 1 aromatic carbocycles. The van der Waals surface area contributed by atoms with Gasteiger partial charge in [0.2, 0.25) is 0 Å². The van der Waals surface area contributed by atoms with Crippen molar-refractivity contribution in [2.75, 3.05) is 0 Å². The zero-order valence-corrected chi connectivity index (χ0v) is 11.5. The lowest BCUT2D eigenvalue weighted by molar-refractivity contribution is 0.677. The van der Waals surface area contributed by atoms with Crippen molar-refractivity contribution in [2.45, 2.75) is 13.1 Å². The number of pyridine rings is 1. The molecular formula is C13H12BrClN2. The van der Waals surface area contributed by atoms with E-state index in [1.54, 1.807) is 6.07 Å². The highest BCUT2D eigenvalue weighted by Crippen LogP contribution is 2.17. The van der Waals surface area contributed by atoms with E-state index in [0.29, 0.717) is 11.7 Å². The number of aromatic nitrogens is 1. The molecule has 17 heavy (non-hydrogen) atoms. The van der Waals surface area contributed by atoms with E-state index in [9.17, 15) is 0 Å². The lowest BCUT2D eigenvalue weighted by Crippen LogP contribution is -2.14. The van der Waals surface area contributed by atoms with Gasteiger partial charge in [-0.3, -0.25) is 0 Å². The van der Waals surface area contributed by atoms with Crippen LogP contribution in [0.25, 0.3) is 0 Å². The van der Waals surface area contributed by atoms with Crippen LogP contribution in [-0.2, 0) is 13.1 Å². The number of halogens is 2. The maximum Gasteiger partial charge on any atom is 0.129 e. The third-order valence-corrected chi connectivity index (χ3v) is 3.28. The highest BCUT2D eigenvalue weighted by Gasteiger charge is 2.02. The minimum atomic E-state index is 0.518. The SMILES string of the molecule is Clc1ccc(Br)c(CNCc2ccccc2)n1. The van der Waals surface area contributed by atoms with Gasteiger partial charge in [-0.15, -0.1) is 0 Å². The van der Waals surface area contributed by atoms with Crippen LogP contribution in [0.1, 0.15) is 11.3 Å². The Morgan fingerprint density at radius 3 is 2.59 bits per heavy atom. The van der Waals surface area contributed by atoms with E-state index in [-0.39, 0.29) is 0 Å². The molecule has 2 rings (SSSR count). The first-order valence-electron chi connectivity index (χ1n) is 5.31. The second-order valence-electron chi connectivity index (χ2n) is 3.65. The summed E-state index contributed by atoms with van der Waals surface area (Å²) >= 11 is 9.31. The molecule has 1 heterocycles.